The lowest BCUT2D eigenvalue weighted by Crippen LogP contribution is -2.29. The molecule has 1 aromatic heterocycles. The average Bonchev–Trinajstić information content (AvgIpc) is 2.68. The van der Waals surface area contributed by atoms with Crippen LogP contribution in [0, 0.1) is 0 Å². The summed E-state index contributed by atoms with van der Waals surface area (Å²) >= 11 is 0. The van der Waals surface area contributed by atoms with E-state index in [0.29, 0.717) is 11.5 Å². The van der Waals surface area contributed by atoms with Crippen LogP contribution in [0.2, 0.25) is 0 Å². The molecule has 27 heavy (non-hydrogen) atoms. The third-order valence-electron chi connectivity index (χ3n) is 4.05. The molecule has 146 valence electrons. The number of nitrogens with one attached hydrogen (secondary N) is 2. The van der Waals surface area contributed by atoms with Crippen molar-refractivity contribution in [2.45, 2.75) is 19.3 Å². The van der Waals surface area contributed by atoms with Crippen molar-refractivity contribution in [1.29, 1.82) is 0 Å². The lowest BCUT2D eigenvalue weighted by Gasteiger charge is -2.30. The predicted molar refractivity (Wildman–Crippen MR) is 111 cm³/mol. The topological polar surface area (TPSA) is 90.4 Å². The molecule has 1 amide bonds. The molecule has 1 saturated heterocycles. The zero-order chi connectivity index (χ0) is 17.5. The molecule has 0 spiro atoms. The van der Waals surface area contributed by atoms with Gasteiger partial charge in [0.15, 0.2) is 0 Å². The van der Waals surface area contributed by atoms with Crippen molar-refractivity contribution in [2.24, 2.45) is 0 Å². The van der Waals surface area contributed by atoms with Crippen LogP contribution in [0.5, 0.6) is 0 Å². The van der Waals surface area contributed by atoms with Gasteiger partial charge >= 0.3 is 0 Å². The Morgan fingerprint density at radius 2 is 1.81 bits per heavy atom. The first-order chi connectivity index (χ1) is 12.3. The number of nitrogens with zero attached hydrogens (tertiary/aromatic N) is 3. The van der Waals surface area contributed by atoms with Gasteiger partial charge in [-0.2, -0.15) is 0 Å². The quantitative estimate of drug-likeness (QED) is 0.395. The number of anilines is 3. The van der Waals surface area contributed by atoms with Gasteiger partial charge in [-0.05, 0) is 37.5 Å². The summed E-state index contributed by atoms with van der Waals surface area (Å²) in [6.07, 6.45) is 9.57. The number of amides is 1. The highest BCUT2D eigenvalue weighted by molar-refractivity contribution is 5.90. The first-order valence-corrected chi connectivity index (χ1v) is 8.31. The highest BCUT2D eigenvalue weighted by Gasteiger charge is 2.14. The molecule has 7 nitrogen and oxygen atoms in total. The van der Waals surface area contributed by atoms with E-state index in [1.807, 2.05) is 18.2 Å². The number of hydrogen-bond donors (Lipinski definition) is 3. The van der Waals surface area contributed by atoms with Crippen LogP contribution < -0.4 is 15.7 Å². The van der Waals surface area contributed by atoms with E-state index in [1.165, 1.54) is 42.6 Å². The minimum atomic E-state index is -0.612. The minimum Gasteiger partial charge on any atom is -0.370 e. The maximum Gasteiger partial charge on any atom is 0.267 e. The number of piperidine rings is 1. The highest BCUT2D eigenvalue weighted by Crippen LogP contribution is 2.29. The maximum absolute atomic E-state index is 11.0. The molecule has 1 aliphatic heterocycles. The second kappa shape index (κ2) is 11.4. The van der Waals surface area contributed by atoms with Crippen LogP contribution in [0.1, 0.15) is 25.0 Å². The molecule has 2 heterocycles. The smallest absolute Gasteiger partial charge is 0.267 e. The lowest BCUT2D eigenvalue weighted by molar-refractivity contribution is -0.124. The van der Waals surface area contributed by atoms with Crippen LogP contribution in [0.3, 0.4) is 0 Å². The summed E-state index contributed by atoms with van der Waals surface area (Å²) < 4.78 is 0. The van der Waals surface area contributed by atoms with Gasteiger partial charge < -0.3 is 10.2 Å². The van der Waals surface area contributed by atoms with Crippen molar-refractivity contribution in [3.8, 4) is 0 Å². The Morgan fingerprint density at radius 3 is 2.48 bits per heavy atom. The highest BCUT2D eigenvalue weighted by atomic mass is 35.5. The molecule has 1 aliphatic rings. The van der Waals surface area contributed by atoms with Gasteiger partial charge in [-0.3, -0.25) is 15.0 Å². The number of carbonyl (C=O) groups excluding carboxylic acids is 1. The van der Waals surface area contributed by atoms with E-state index >= 15 is 0 Å². The average molecular weight is 412 g/mol. The van der Waals surface area contributed by atoms with Gasteiger partial charge in [0.25, 0.3) is 5.91 Å². The number of rotatable bonds is 5. The summed E-state index contributed by atoms with van der Waals surface area (Å²) in [7, 11) is 0. The standard InChI is InChI=1S/C18H21N5O2.2ClH/c24-18(22-25)9-8-14-12-20-17(13-19-14)21-15-6-2-3-7-16(15)23-10-4-1-5-11-23;;/h2-3,6-9,12-13,25H,1,4-5,10-11H2,(H,20,21)(H,22,24);2*1H/b9-8+;;. The molecule has 0 radical (unpaired) electrons. The van der Waals surface area contributed by atoms with E-state index < -0.39 is 5.91 Å². The molecular weight excluding hydrogens is 389 g/mol. The zero-order valence-corrected chi connectivity index (χ0v) is 16.3. The summed E-state index contributed by atoms with van der Waals surface area (Å²) in [6.45, 7) is 2.14. The SMILES string of the molecule is Cl.Cl.O=C(/C=C/c1cnc(Nc2ccccc2N2CCCCC2)cn1)NO. The van der Waals surface area contributed by atoms with Crippen LogP contribution in [0.25, 0.3) is 6.08 Å². The monoisotopic (exact) mass is 411 g/mol. The molecule has 1 fully saturated rings. The molecule has 1 aromatic carbocycles. The Morgan fingerprint density at radius 1 is 1.07 bits per heavy atom. The van der Waals surface area contributed by atoms with Crippen LogP contribution in [0.4, 0.5) is 17.2 Å². The molecule has 0 saturated carbocycles. The van der Waals surface area contributed by atoms with Gasteiger partial charge in [0, 0.05) is 19.2 Å². The fraction of sp³-hybridized carbons (Fsp3) is 0.278. The van der Waals surface area contributed by atoms with E-state index in [-0.39, 0.29) is 24.8 Å². The van der Waals surface area contributed by atoms with E-state index in [0.717, 1.165) is 18.8 Å². The minimum absolute atomic E-state index is 0. The number of benzene rings is 1. The second-order valence-electron chi connectivity index (χ2n) is 5.83. The molecule has 0 aliphatic carbocycles. The van der Waals surface area contributed by atoms with E-state index in [1.54, 1.807) is 12.4 Å². The van der Waals surface area contributed by atoms with Gasteiger partial charge in [-0.15, -0.1) is 24.8 Å². The van der Waals surface area contributed by atoms with Crippen molar-refractivity contribution in [3.63, 3.8) is 0 Å². The fourth-order valence-electron chi connectivity index (χ4n) is 2.81. The third kappa shape index (κ3) is 6.39. The third-order valence-corrected chi connectivity index (χ3v) is 4.05. The van der Waals surface area contributed by atoms with Crippen molar-refractivity contribution < 1.29 is 10.0 Å². The molecular formula is C18H23Cl2N5O2. The van der Waals surface area contributed by atoms with Crippen LogP contribution in [-0.4, -0.2) is 34.2 Å². The first kappa shape index (κ1) is 22.7. The van der Waals surface area contributed by atoms with Gasteiger partial charge in [-0.25, -0.2) is 10.5 Å². The van der Waals surface area contributed by atoms with Gasteiger partial charge in [0.1, 0.15) is 5.82 Å². The van der Waals surface area contributed by atoms with Gasteiger partial charge in [0.05, 0.1) is 29.5 Å². The van der Waals surface area contributed by atoms with Crippen LogP contribution >= 0.6 is 24.8 Å². The summed E-state index contributed by atoms with van der Waals surface area (Å²) in [5, 5.41) is 11.8. The zero-order valence-electron chi connectivity index (χ0n) is 14.7. The van der Waals surface area contributed by atoms with Crippen molar-refractivity contribution >= 4 is 54.0 Å². The number of para-hydroxylation sites is 2. The molecule has 3 N–H and O–H groups in total. The Kier molecular flexibility index (Phi) is 9.56. The first-order valence-electron chi connectivity index (χ1n) is 8.31. The summed E-state index contributed by atoms with van der Waals surface area (Å²) in [5.41, 5.74) is 4.23. The van der Waals surface area contributed by atoms with Gasteiger partial charge in [-0.1, -0.05) is 12.1 Å². The normalized spacial score (nSPS) is 13.4. The van der Waals surface area contributed by atoms with Crippen molar-refractivity contribution in [3.05, 3.63) is 48.4 Å². The molecule has 0 atom stereocenters. The Hall–Kier alpha value is -2.35. The predicted octanol–water partition coefficient (Wildman–Crippen LogP) is 3.57. The van der Waals surface area contributed by atoms with E-state index in [4.69, 9.17) is 5.21 Å². The number of hydrogen-bond acceptors (Lipinski definition) is 6. The van der Waals surface area contributed by atoms with Gasteiger partial charge in [0.2, 0.25) is 0 Å². The molecule has 9 heteroatoms. The largest absolute Gasteiger partial charge is 0.370 e. The number of carbonyl (C=O) groups is 1. The molecule has 0 bridgehead atoms. The summed E-state index contributed by atoms with van der Waals surface area (Å²) in [4.78, 5) is 21.9. The Labute approximate surface area is 170 Å². The lowest BCUT2D eigenvalue weighted by atomic mass is 10.1. The number of hydroxylamine groups is 1. The molecule has 0 unspecified atom stereocenters. The van der Waals surface area contributed by atoms with E-state index in [2.05, 4.69) is 26.3 Å². The fourth-order valence-corrected chi connectivity index (χ4v) is 2.81. The molecule has 3 rings (SSSR count). The summed E-state index contributed by atoms with van der Waals surface area (Å²) in [5.74, 6) is 0.0210. The van der Waals surface area contributed by atoms with Crippen LogP contribution in [-0.2, 0) is 4.79 Å². The maximum atomic E-state index is 11.0. The Bertz CT molecular complexity index is 750. The van der Waals surface area contributed by atoms with Crippen LogP contribution in [0.15, 0.2) is 42.7 Å². The van der Waals surface area contributed by atoms with Crippen molar-refractivity contribution in [2.75, 3.05) is 23.3 Å². The van der Waals surface area contributed by atoms with E-state index in [9.17, 15) is 4.79 Å². The second-order valence-corrected chi connectivity index (χ2v) is 5.83. The number of halogens is 2. The Balaban J connectivity index is 0.00000182. The van der Waals surface area contributed by atoms with Crippen molar-refractivity contribution in [1.82, 2.24) is 15.4 Å². The molecule has 2 aromatic rings. The number of aromatic nitrogens is 2. The summed E-state index contributed by atoms with van der Waals surface area (Å²) in [6, 6.07) is 8.19.